The number of amides is 1. The van der Waals surface area contributed by atoms with Gasteiger partial charge in [0.1, 0.15) is 18.5 Å². The molecule has 0 unspecified atom stereocenters. The molecule has 1 amide bonds. The predicted molar refractivity (Wildman–Crippen MR) is 89.9 cm³/mol. The summed E-state index contributed by atoms with van der Waals surface area (Å²) in [6.07, 6.45) is 0. The maximum atomic E-state index is 13.6. The number of methoxy groups -OCH3 is 1. The van der Waals surface area contributed by atoms with Gasteiger partial charge < -0.3 is 14.4 Å². The molecule has 1 heterocycles. The number of alkyl halides is 1. The van der Waals surface area contributed by atoms with E-state index in [1.807, 2.05) is 30.3 Å². The van der Waals surface area contributed by atoms with Gasteiger partial charge in [-0.15, -0.1) is 0 Å². The quantitative estimate of drug-likeness (QED) is 0.763. The van der Waals surface area contributed by atoms with E-state index < -0.39 is 18.3 Å². The Bertz CT molecular complexity index is 704. The van der Waals surface area contributed by atoms with Crippen LogP contribution in [0, 0.1) is 0 Å². The van der Waals surface area contributed by atoms with E-state index >= 15 is 0 Å². The highest BCUT2D eigenvalue weighted by Crippen LogP contribution is 2.39. The summed E-state index contributed by atoms with van der Waals surface area (Å²) in [5.41, 5.74) is 0.445. The molecule has 1 fully saturated rings. The highest BCUT2D eigenvalue weighted by Gasteiger charge is 2.59. The van der Waals surface area contributed by atoms with Gasteiger partial charge in [-0.25, -0.2) is 4.39 Å². The summed E-state index contributed by atoms with van der Waals surface area (Å²) in [5, 5.41) is 0. The van der Waals surface area contributed by atoms with Crippen LogP contribution in [0.2, 0.25) is 0 Å². The molecule has 3 rings (SSSR count). The summed E-state index contributed by atoms with van der Waals surface area (Å²) in [7, 11) is 1.57. The lowest BCUT2D eigenvalue weighted by molar-refractivity contribution is -0.164. The van der Waals surface area contributed by atoms with Gasteiger partial charge in [-0.3, -0.25) is 4.79 Å². The molecule has 5 heteroatoms. The molecule has 4 nitrogen and oxygen atoms in total. The van der Waals surface area contributed by atoms with Crippen molar-refractivity contribution in [1.29, 1.82) is 0 Å². The Balaban J connectivity index is 1.74. The number of hydrogen-bond acceptors (Lipinski definition) is 3. The molecule has 2 atom stereocenters. The van der Waals surface area contributed by atoms with Crippen LogP contribution in [0.1, 0.15) is 12.5 Å². The average molecular weight is 329 g/mol. The lowest BCUT2D eigenvalue weighted by Crippen LogP contribution is -2.74. The Morgan fingerprint density at radius 1 is 1.12 bits per heavy atom. The predicted octanol–water partition coefficient (Wildman–Crippen LogP) is 3.36. The molecule has 1 aliphatic heterocycles. The first-order valence-corrected chi connectivity index (χ1v) is 7.81. The van der Waals surface area contributed by atoms with Gasteiger partial charge in [-0.05, 0) is 36.8 Å². The van der Waals surface area contributed by atoms with Crippen molar-refractivity contribution in [2.24, 2.45) is 0 Å². The SMILES string of the molecule is COc1ccc(N2C(=O)[C@](C)(OCc3ccccc3)[C@@H]2CF)cc1. The van der Waals surface area contributed by atoms with Crippen molar-refractivity contribution >= 4 is 11.6 Å². The normalized spacial score (nSPS) is 23.0. The van der Waals surface area contributed by atoms with E-state index in [1.165, 1.54) is 4.90 Å². The van der Waals surface area contributed by atoms with Gasteiger partial charge in [0, 0.05) is 5.69 Å². The van der Waals surface area contributed by atoms with Crippen molar-refractivity contribution in [3.63, 3.8) is 0 Å². The Labute approximate surface area is 140 Å². The second-order valence-corrected chi connectivity index (χ2v) is 5.92. The van der Waals surface area contributed by atoms with E-state index in [0.29, 0.717) is 11.4 Å². The summed E-state index contributed by atoms with van der Waals surface area (Å²) in [5.74, 6) is 0.456. The van der Waals surface area contributed by atoms with Gasteiger partial charge in [0.2, 0.25) is 0 Å². The zero-order chi connectivity index (χ0) is 17.2. The van der Waals surface area contributed by atoms with Crippen molar-refractivity contribution in [3.8, 4) is 5.75 Å². The number of carbonyl (C=O) groups excluding carboxylic acids is 1. The molecule has 24 heavy (non-hydrogen) atoms. The average Bonchev–Trinajstić information content (AvgIpc) is 2.64. The maximum Gasteiger partial charge on any atom is 0.261 e. The number of carbonyl (C=O) groups is 1. The van der Waals surface area contributed by atoms with Crippen molar-refractivity contribution in [3.05, 3.63) is 60.2 Å². The van der Waals surface area contributed by atoms with Crippen LogP contribution in [-0.4, -0.2) is 31.3 Å². The fourth-order valence-electron chi connectivity index (χ4n) is 2.93. The maximum absolute atomic E-state index is 13.6. The second-order valence-electron chi connectivity index (χ2n) is 5.92. The topological polar surface area (TPSA) is 38.8 Å². The standard InChI is InChI=1S/C19H20FNO3/c1-19(24-13-14-6-4-3-5-7-14)17(12-20)21(18(19)22)15-8-10-16(23-2)11-9-15/h3-11,17H,12-13H2,1-2H3/t17-,19+/m0/s1. The Kier molecular flexibility index (Phi) is 4.53. The molecule has 1 saturated heterocycles. The summed E-state index contributed by atoms with van der Waals surface area (Å²) in [6, 6.07) is 15.9. The number of nitrogens with zero attached hydrogens (tertiary/aromatic N) is 1. The number of hydrogen-bond donors (Lipinski definition) is 0. The van der Waals surface area contributed by atoms with E-state index in [9.17, 15) is 9.18 Å². The lowest BCUT2D eigenvalue weighted by Gasteiger charge is -2.52. The van der Waals surface area contributed by atoms with E-state index in [1.54, 1.807) is 38.3 Å². The molecule has 0 radical (unpaired) electrons. The Morgan fingerprint density at radius 2 is 1.79 bits per heavy atom. The van der Waals surface area contributed by atoms with Crippen LogP contribution in [0.4, 0.5) is 10.1 Å². The van der Waals surface area contributed by atoms with Gasteiger partial charge in [0.15, 0.2) is 5.60 Å². The van der Waals surface area contributed by atoms with E-state index in [2.05, 4.69) is 0 Å². The van der Waals surface area contributed by atoms with Crippen LogP contribution in [0.25, 0.3) is 0 Å². The van der Waals surface area contributed by atoms with Gasteiger partial charge in [0.25, 0.3) is 5.91 Å². The number of rotatable bonds is 6. The number of benzene rings is 2. The zero-order valence-electron chi connectivity index (χ0n) is 13.7. The molecule has 0 aliphatic carbocycles. The van der Waals surface area contributed by atoms with E-state index in [-0.39, 0.29) is 12.5 Å². The van der Waals surface area contributed by atoms with Crippen molar-refractivity contribution < 1.29 is 18.7 Å². The first kappa shape index (κ1) is 16.5. The molecular weight excluding hydrogens is 309 g/mol. The van der Waals surface area contributed by atoms with Crippen LogP contribution in [0.3, 0.4) is 0 Å². The number of anilines is 1. The fraction of sp³-hybridized carbons (Fsp3) is 0.316. The molecule has 0 saturated carbocycles. The Hall–Kier alpha value is -2.40. The molecule has 0 aromatic heterocycles. The first-order valence-electron chi connectivity index (χ1n) is 7.81. The molecular formula is C19H20FNO3. The van der Waals surface area contributed by atoms with Crippen molar-refractivity contribution in [1.82, 2.24) is 0 Å². The summed E-state index contributed by atoms with van der Waals surface area (Å²) < 4.78 is 24.5. The third kappa shape index (κ3) is 2.76. The minimum atomic E-state index is -1.15. The number of ether oxygens (including phenoxy) is 2. The van der Waals surface area contributed by atoms with Gasteiger partial charge in [-0.1, -0.05) is 30.3 Å². The molecule has 2 aromatic carbocycles. The van der Waals surface area contributed by atoms with Gasteiger partial charge in [0.05, 0.1) is 13.7 Å². The van der Waals surface area contributed by atoms with E-state index in [4.69, 9.17) is 9.47 Å². The lowest BCUT2D eigenvalue weighted by atomic mass is 9.83. The van der Waals surface area contributed by atoms with Crippen LogP contribution < -0.4 is 9.64 Å². The molecule has 0 N–H and O–H groups in total. The van der Waals surface area contributed by atoms with Crippen molar-refractivity contribution in [2.75, 3.05) is 18.7 Å². The third-order valence-electron chi connectivity index (χ3n) is 4.47. The monoisotopic (exact) mass is 329 g/mol. The molecule has 0 bridgehead atoms. The van der Waals surface area contributed by atoms with Crippen LogP contribution >= 0.6 is 0 Å². The smallest absolute Gasteiger partial charge is 0.261 e. The summed E-state index contributed by atoms with van der Waals surface area (Å²) in [6.45, 7) is 1.27. The van der Waals surface area contributed by atoms with E-state index in [0.717, 1.165) is 5.56 Å². The van der Waals surface area contributed by atoms with Crippen LogP contribution in [0.15, 0.2) is 54.6 Å². The van der Waals surface area contributed by atoms with Crippen LogP contribution in [0.5, 0.6) is 5.75 Å². The van der Waals surface area contributed by atoms with Crippen molar-refractivity contribution in [2.45, 2.75) is 25.2 Å². The van der Waals surface area contributed by atoms with Gasteiger partial charge >= 0.3 is 0 Å². The largest absolute Gasteiger partial charge is 0.497 e. The summed E-state index contributed by atoms with van der Waals surface area (Å²) >= 11 is 0. The number of halogens is 1. The molecule has 2 aromatic rings. The first-order chi connectivity index (χ1) is 11.6. The van der Waals surface area contributed by atoms with Crippen LogP contribution in [-0.2, 0) is 16.1 Å². The second kappa shape index (κ2) is 6.61. The minimum absolute atomic E-state index is 0.230. The third-order valence-corrected chi connectivity index (χ3v) is 4.47. The molecule has 1 aliphatic rings. The zero-order valence-corrected chi connectivity index (χ0v) is 13.7. The van der Waals surface area contributed by atoms with Gasteiger partial charge in [-0.2, -0.15) is 0 Å². The highest BCUT2D eigenvalue weighted by molar-refractivity contribution is 6.08. The summed E-state index contributed by atoms with van der Waals surface area (Å²) in [4.78, 5) is 14.1. The minimum Gasteiger partial charge on any atom is -0.497 e. The number of β-lactam (4-membered cyclic amide) rings is 1. The highest BCUT2D eigenvalue weighted by atomic mass is 19.1. The fourth-order valence-corrected chi connectivity index (χ4v) is 2.93. The molecule has 0 spiro atoms. The Morgan fingerprint density at radius 3 is 2.38 bits per heavy atom. The molecule has 126 valence electrons.